The minimum atomic E-state index is 0.217. The first-order chi connectivity index (χ1) is 12.5. The van der Waals surface area contributed by atoms with Crippen LogP contribution >= 0.6 is 0 Å². The Kier molecular flexibility index (Phi) is 6.17. The number of nitrogens with zero attached hydrogens (tertiary/aromatic N) is 3. The van der Waals surface area contributed by atoms with E-state index in [4.69, 9.17) is 9.72 Å². The fourth-order valence-electron chi connectivity index (χ4n) is 4.38. The highest BCUT2D eigenvalue weighted by Gasteiger charge is 2.41. The quantitative estimate of drug-likeness (QED) is 0.730. The molecule has 26 heavy (non-hydrogen) atoms. The third-order valence-corrected chi connectivity index (χ3v) is 5.86. The maximum atomic E-state index is 12.3. The number of methoxy groups -OCH3 is 1. The standard InChI is InChI=1S/C21H33N3O2/c1-17(2)18-7-4-8-19(22-18)23-12-5-10-21(15-23)11-9-20(25)24(16-21)13-6-14-26-3/h4,7-8,17H,5-6,9-16H2,1-3H3/t21-/m1/s1. The summed E-state index contributed by atoms with van der Waals surface area (Å²) in [4.78, 5) is 21.8. The molecule has 2 fully saturated rings. The average Bonchev–Trinajstić information content (AvgIpc) is 2.65. The zero-order valence-corrected chi connectivity index (χ0v) is 16.5. The summed E-state index contributed by atoms with van der Waals surface area (Å²) in [6.07, 6.45) is 4.99. The molecule has 2 saturated heterocycles. The molecule has 0 aromatic carbocycles. The molecule has 3 rings (SSSR count). The maximum absolute atomic E-state index is 12.3. The first-order valence-corrected chi connectivity index (χ1v) is 10.0. The molecular formula is C21H33N3O2. The second-order valence-corrected chi connectivity index (χ2v) is 8.26. The smallest absolute Gasteiger partial charge is 0.222 e. The molecule has 1 atom stereocenters. The number of carbonyl (C=O) groups is 1. The Balaban J connectivity index is 1.70. The average molecular weight is 360 g/mol. The van der Waals surface area contributed by atoms with Gasteiger partial charge in [-0.15, -0.1) is 0 Å². The number of pyridine rings is 1. The molecule has 1 aromatic heterocycles. The predicted molar refractivity (Wildman–Crippen MR) is 105 cm³/mol. The topological polar surface area (TPSA) is 45.7 Å². The lowest BCUT2D eigenvalue weighted by atomic mass is 9.73. The van der Waals surface area contributed by atoms with Gasteiger partial charge in [0.15, 0.2) is 0 Å². The van der Waals surface area contributed by atoms with Gasteiger partial charge in [-0.05, 0) is 43.7 Å². The van der Waals surface area contributed by atoms with Crippen molar-refractivity contribution in [2.45, 2.75) is 51.9 Å². The van der Waals surface area contributed by atoms with Crippen LogP contribution < -0.4 is 4.90 Å². The zero-order valence-electron chi connectivity index (χ0n) is 16.5. The van der Waals surface area contributed by atoms with Gasteiger partial charge in [0.25, 0.3) is 0 Å². The summed E-state index contributed by atoms with van der Waals surface area (Å²) in [6, 6.07) is 6.38. The van der Waals surface area contributed by atoms with E-state index in [1.807, 2.05) is 0 Å². The van der Waals surface area contributed by atoms with Gasteiger partial charge in [-0.3, -0.25) is 4.79 Å². The molecule has 0 saturated carbocycles. The van der Waals surface area contributed by atoms with Crippen LogP contribution in [-0.4, -0.2) is 55.7 Å². The molecule has 0 unspecified atom stereocenters. The fraction of sp³-hybridized carbons (Fsp3) is 0.714. The zero-order chi connectivity index (χ0) is 18.6. The highest BCUT2D eigenvalue weighted by atomic mass is 16.5. The van der Waals surface area contributed by atoms with E-state index in [-0.39, 0.29) is 5.41 Å². The van der Waals surface area contributed by atoms with Crippen LogP contribution in [0.4, 0.5) is 5.82 Å². The van der Waals surface area contributed by atoms with E-state index in [9.17, 15) is 4.79 Å². The summed E-state index contributed by atoms with van der Waals surface area (Å²) < 4.78 is 5.16. The summed E-state index contributed by atoms with van der Waals surface area (Å²) in [5.74, 6) is 1.85. The van der Waals surface area contributed by atoms with Crippen molar-refractivity contribution < 1.29 is 9.53 Å². The van der Waals surface area contributed by atoms with E-state index in [0.717, 1.165) is 57.1 Å². The highest BCUT2D eigenvalue weighted by molar-refractivity contribution is 5.77. The summed E-state index contributed by atoms with van der Waals surface area (Å²) in [5, 5.41) is 0. The van der Waals surface area contributed by atoms with Crippen molar-refractivity contribution >= 4 is 11.7 Å². The molecule has 144 valence electrons. The van der Waals surface area contributed by atoms with Gasteiger partial charge in [0.05, 0.1) is 0 Å². The number of hydrogen-bond acceptors (Lipinski definition) is 4. The summed E-state index contributed by atoms with van der Waals surface area (Å²) in [5.41, 5.74) is 1.37. The van der Waals surface area contributed by atoms with Crippen LogP contribution in [0.15, 0.2) is 18.2 Å². The Bertz CT molecular complexity index is 619. The summed E-state index contributed by atoms with van der Waals surface area (Å²) in [7, 11) is 1.72. The molecule has 5 nitrogen and oxygen atoms in total. The third-order valence-electron chi connectivity index (χ3n) is 5.86. The van der Waals surface area contributed by atoms with Crippen molar-refractivity contribution in [1.29, 1.82) is 0 Å². The molecular weight excluding hydrogens is 326 g/mol. The molecule has 2 aliphatic rings. The van der Waals surface area contributed by atoms with Crippen molar-refractivity contribution in [3.05, 3.63) is 23.9 Å². The van der Waals surface area contributed by atoms with Crippen LogP contribution in [0.2, 0.25) is 0 Å². The Labute approximate surface area is 157 Å². The Hall–Kier alpha value is -1.62. The first-order valence-electron chi connectivity index (χ1n) is 10.0. The SMILES string of the molecule is COCCCN1C[C@]2(CCCN(c3cccc(C(C)C)n3)C2)CCC1=O. The number of carbonyl (C=O) groups excluding carboxylic acids is 1. The van der Waals surface area contributed by atoms with Crippen LogP contribution in [0.5, 0.6) is 0 Å². The number of rotatable bonds is 6. The lowest BCUT2D eigenvalue weighted by molar-refractivity contribution is -0.138. The van der Waals surface area contributed by atoms with E-state index >= 15 is 0 Å². The van der Waals surface area contributed by atoms with Crippen LogP contribution in [0.1, 0.15) is 57.6 Å². The van der Waals surface area contributed by atoms with Crippen molar-refractivity contribution in [2.24, 2.45) is 5.41 Å². The third kappa shape index (κ3) is 4.37. The van der Waals surface area contributed by atoms with Gasteiger partial charge in [-0.2, -0.15) is 0 Å². The highest BCUT2D eigenvalue weighted by Crippen LogP contribution is 2.40. The summed E-state index contributed by atoms with van der Waals surface area (Å²) >= 11 is 0. The number of anilines is 1. The van der Waals surface area contributed by atoms with Gasteiger partial charge in [-0.25, -0.2) is 4.98 Å². The monoisotopic (exact) mass is 359 g/mol. The number of likely N-dealkylation sites (tertiary alicyclic amines) is 1. The number of piperidine rings is 2. The van der Waals surface area contributed by atoms with Crippen LogP contribution in [0.3, 0.4) is 0 Å². The normalized spacial score (nSPS) is 23.9. The lowest BCUT2D eigenvalue weighted by Gasteiger charge is -2.48. The molecule has 0 aliphatic carbocycles. The Morgan fingerprint density at radius 3 is 2.88 bits per heavy atom. The summed E-state index contributed by atoms with van der Waals surface area (Å²) in [6.45, 7) is 8.87. The van der Waals surface area contributed by atoms with Gasteiger partial charge < -0.3 is 14.5 Å². The number of hydrogen-bond donors (Lipinski definition) is 0. The molecule has 2 aliphatic heterocycles. The predicted octanol–water partition coefficient (Wildman–Crippen LogP) is 3.45. The van der Waals surface area contributed by atoms with Crippen molar-refractivity contribution in [1.82, 2.24) is 9.88 Å². The van der Waals surface area contributed by atoms with Crippen molar-refractivity contribution in [3.63, 3.8) is 0 Å². The molecule has 3 heterocycles. The molecule has 0 radical (unpaired) electrons. The van der Waals surface area contributed by atoms with Gasteiger partial charge in [0.2, 0.25) is 5.91 Å². The molecule has 0 bridgehead atoms. The second kappa shape index (κ2) is 8.38. The minimum absolute atomic E-state index is 0.217. The van der Waals surface area contributed by atoms with Crippen molar-refractivity contribution in [3.8, 4) is 0 Å². The Morgan fingerprint density at radius 1 is 1.27 bits per heavy atom. The maximum Gasteiger partial charge on any atom is 0.222 e. The fourth-order valence-corrected chi connectivity index (χ4v) is 4.38. The molecule has 1 spiro atoms. The van der Waals surface area contributed by atoms with Crippen molar-refractivity contribution in [2.75, 3.05) is 44.8 Å². The van der Waals surface area contributed by atoms with E-state index in [1.165, 1.54) is 12.8 Å². The largest absolute Gasteiger partial charge is 0.385 e. The van der Waals surface area contributed by atoms with E-state index in [0.29, 0.717) is 18.2 Å². The lowest BCUT2D eigenvalue weighted by Crippen LogP contribution is -2.54. The van der Waals surface area contributed by atoms with Crippen LogP contribution in [0.25, 0.3) is 0 Å². The van der Waals surface area contributed by atoms with Gasteiger partial charge in [0, 0.05) is 57.4 Å². The van der Waals surface area contributed by atoms with Gasteiger partial charge >= 0.3 is 0 Å². The molecule has 1 amide bonds. The number of aromatic nitrogens is 1. The second-order valence-electron chi connectivity index (χ2n) is 8.26. The molecule has 5 heteroatoms. The van der Waals surface area contributed by atoms with Crippen LogP contribution in [0, 0.1) is 5.41 Å². The van der Waals surface area contributed by atoms with Crippen LogP contribution in [-0.2, 0) is 9.53 Å². The van der Waals surface area contributed by atoms with Gasteiger partial charge in [-0.1, -0.05) is 19.9 Å². The van der Waals surface area contributed by atoms with Gasteiger partial charge in [0.1, 0.15) is 5.82 Å². The Morgan fingerprint density at radius 2 is 2.12 bits per heavy atom. The molecule has 0 N–H and O–H groups in total. The molecule has 1 aromatic rings. The number of ether oxygens (including phenoxy) is 1. The number of amides is 1. The van der Waals surface area contributed by atoms with E-state index in [2.05, 4.69) is 41.8 Å². The van der Waals surface area contributed by atoms with E-state index in [1.54, 1.807) is 7.11 Å². The minimum Gasteiger partial charge on any atom is -0.385 e. The first kappa shape index (κ1) is 19.2. The van der Waals surface area contributed by atoms with E-state index < -0.39 is 0 Å².